The summed E-state index contributed by atoms with van der Waals surface area (Å²) in [5.74, 6) is 0. The number of nitrogens with one attached hydrogen (secondary N) is 1. The minimum Gasteiger partial charge on any atom is -0.373 e. The molecule has 4 heteroatoms. The number of hydrogen-bond acceptors (Lipinski definition) is 2. The summed E-state index contributed by atoms with van der Waals surface area (Å²) in [7, 11) is 0. The van der Waals surface area contributed by atoms with Gasteiger partial charge in [0.15, 0.2) is 0 Å². The summed E-state index contributed by atoms with van der Waals surface area (Å²) < 4.78 is 0. The lowest BCUT2D eigenvalue weighted by molar-refractivity contribution is 0.889. The third kappa shape index (κ3) is 4.19. The van der Waals surface area contributed by atoms with Crippen LogP contribution in [0.15, 0.2) is 97.1 Å². The van der Waals surface area contributed by atoms with Gasteiger partial charge < -0.3 is 5.32 Å². The molecule has 0 bridgehead atoms. The normalized spacial score (nSPS) is 11.8. The second-order valence-electron chi connectivity index (χ2n) is 6.43. The van der Waals surface area contributed by atoms with Gasteiger partial charge in [0.2, 0.25) is 0 Å². The zero-order valence-corrected chi connectivity index (χ0v) is 16.5. The standard InChI is InChI=1S/C24H18Cl2N2/c25-20-15-14-19(16-21(20)26)27-24(18-10-5-2-6-11-18)23-13-7-12-22(28-23)17-8-3-1-4-9-17/h1-16,24,27H. The van der Waals surface area contributed by atoms with Gasteiger partial charge >= 0.3 is 0 Å². The van der Waals surface area contributed by atoms with Crippen LogP contribution < -0.4 is 5.32 Å². The summed E-state index contributed by atoms with van der Waals surface area (Å²) in [5.41, 5.74) is 4.96. The van der Waals surface area contributed by atoms with Crippen LogP contribution >= 0.6 is 23.2 Å². The van der Waals surface area contributed by atoms with E-state index in [-0.39, 0.29) is 6.04 Å². The highest BCUT2D eigenvalue weighted by Crippen LogP contribution is 2.30. The molecular formula is C24H18Cl2N2. The van der Waals surface area contributed by atoms with Gasteiger partial charge in [0.25, 0.3) is 0 Å². The molecule has 1 N–H and O–H groups in total. The highest BCUT2D eigenvalue weighted by Gasteiger charge is 2.16. The van der Waals surface area contributed by atoms with Crippen molar-refractivity contribution < 1.29 is 0 Å². The van der Waals surface area contributed by atoms with Crippen molar-refractivity contribution in [3.05, 3.63) is 118 Å². The lowest BCUT2D eigenvalue weighted by atomic mass is 10.0. The summed E-state index contributed by atoms with van der Waals surface area (Å²) in [6.45, 7) is 0. The zero-order valence-electron chi connectivity index (χ0n) is 15.0. The van der Waals surface area contributed by atoms with Gasteiger partial charge in [-0.15, -0.1) is 0 Å². The summed E-state index contributed by atoms with van der Waals surface area (Å²) >= 11 is 12.3. The molecular weight excluding hydrogens is 387 g/mol. The number of rotatable bonds is 5. The van der Waals surface area contributed by atoms with Crippen molar-refractivity contribution in [3.8, 4) is 11.3 Å². The molecule has 0 fully saturated rings. The predicted octanol–water partition coefficient (Wildman–Crippen LogP) is 7.26. The molecule has 1 heterocycles. The molecule has 0 radical (unpaired) electrons. The maximum Gasteiger partial charge on any atom is 0.0940 e. The Morgan fingerprint density at radius 1 is 0.679 bits per heavy atom. The van der Waals surface area contributed by atoms with Crippen LogP contribution in [0.2, 0.25) is 10.0 Å². The fraction of sp³-hybridized carbons (Fsp3) is 0.0417. The Hall–Kier alpha value is -2.81. The Balaban J connectivity index is 1.75. The van der Waals surface area contributed by atoms with Crippen molar-refractivity contribution in [1.29, 1.82) is 0 Å². The Bertz CT molecular complexity index is 1070. The van der Waals surface area contributed by atoms with Crippen LogP contribution in [-0.2, 0) is 0 Å². The lowest BCUT2D eigenvalue weighted by Crippen LogP contribution is -2.14. The summed E-state index contributed by atoms with van der Waals surface area (Å²) in [6, 6.07) is 31.9. The number of halogens is 2. The fourth-order valence-corrected chi connectivity index (χ4v) is 3.41. The van der Waals surface area contributed by atoms with Crippen molar-refractivity contribution in [2.75, 3.05) is 5.32 Å². The van der Waals surface area contributed by atoms with E-state index in [0.717, 1.165) is 28.2 Å². The van der Waals surface area contributed by atoms with E-state index < -0.39 is 0 Å². The molecule has 0 aliphatic rings. The van der Waals surface area contributed by atoms with Gasteiger partial charge in [-0.1, -0.05) is 89.9 Å². The topological polar surface area (TPSA) is 24.9 Å². The Labute approximate surface area is 174 Å². The van der Waals surface area contributed by atoms with Crippen LogP contribution in [0.5, 0.6) is 0 Å². The maximum atomic E-state index is 6.21. The Morgan fingerprint density at radius 3 is 2.11 bits per heavy atom. The Morgan fingerprint density at radius 2 is 1.39 bits per heavy atom. The van der Waals surface area contributed by atoms with Crippen molar-refractivity contribution >= 4 is 28.9 Å². The number of pyridine rings is 1. The third-order valence-corrected chi connectivity index (χ3v) is 5.24. The molecule has 4 aromatic rings. The van der Waals surface area contributed by atoms with E-state index in [1.807, 2.05) is 66.7 Å². The molecule has 2 nitrogen and oxygen atoms in total. The van der Waals surface area contributed by atoms with Gasteiger partial charge in [-0.05, 0) is 35.9 Å². The first kappa shape index (κ1) is 18.5. The van der Waals surface area contributed by atoms with E-state index in [2.05, 4.69) is 29.6 Å². The van der Waals surface area contributed by atoms with E-state index >= 15 is 0 Å². The maximum absolute atomic E-state index is 6.21. The molecule has 0 aliphatic carbocycles. The summed E-state index contributed by atoms with van der Waals surface area (Å²) in [6.07, 6.45) is 0. The molecule has 0 saturated carbocycles. The largest absolute Gasteiger partial charge is 0.373 e. The first-order valence-corrected chi connectivity index (χ1v) is 9.75. The molecule has 0 amide bonds. The number of anilines is 1. The second-order valence-corrected chi connectivity index (χ2v) is 7.25. The van der Waals surface area contributed by atoms with Crippen LogP contribution in [0.1, 0.15) is 17.3 Å². The molecule has 28 heavy (non-hydrogen) atoms. The zero-order chi connectivity index (χ0) is 19.3. The first-order chi connectivity index (χ1) is 13.7. The SMILES string of the molecule is Clc1ccc(NC(c2ccccc2)c2cccc(-c3ccccc3)n2)cc1Cl. The smallest absolute Gasteiger partial charge is 0.0940 e. The van der Waals surface area contributed by atoms with Gasteiger partial charge in [0, 0.05) is 11.3 Å². The molecule has 4 rings (SSSR count). The highest BCUT2D eigenvalue weighted by molar-refractivity contribution is 6.42. The molecule has 0 spiro atoms. The van der Waals surface area contributed by atoms with Gasteiger partial charge in [-0.2, -0.15) is 0 Å². The van der Waals surface area contributed by atoms with E-state index in [9.17, 15) is 0 Å². The van der Waals surface area contributed by atoms with E-state index in [0.29, 0.717) is 10.0 Å². The number of aromatic nitrogens is 1. The van der Waals surface area contributed by atoms with E-state index in [1.54, 1.807) is 6.07 Å². The van der Waals surface area contributed by atoms with Crippen LogP contribution in [0.4, 0.5) is 5.69 Å². The van der Waals surface area contributed by atoms with Crippen LogP contribution in [-0.4, -0.2) is 4.98 Å². The number of benzene rings is 3. The van der Waals surface area contributed by atoms with Crippen LogP contribution in [0.3, 0.4) is 0 Å². The minimum atomic E-state index is -0.123. The van der Waals surface area contributed by atoms with Gasteiger partial charge in [0.1, 0.15) is 0 Å². The van der Waals surface area contributed by atoms with Gasteiger partial charge in [-0.25, -0.2) is 0 Å². The molecule has 138 valence electrons. The van der Waals surface area contributed by atoms with Crippen molar-refractivity contribution in [1.82, 2.24) is 4.98 Å². The van der Waals surface area contributed by atoms with Crippen LogP contribution in [0, 0.1) is 0 Å². The average Bonchev–Trinajstić information content (AvgIpc) is 2.76. The van der Waals surface area contributed by atoms with Crippen molar-refractivity contribution in [2.45, 2.75) is 6.04 Å². The quantitative estimate of drug-likeness (QED) is 0.378. The lowest BCUT2D eigenvalue weighted by Gasteiger charge is -2.21. The molecule has 1 aromatic heterocycles. The number of hydrogen-bond donors (Lipinski definition) is 1. The van der Waals surface area contributed by atoms with Gasteiger partial charge in [0.05, 0.1) is 27.5 Å². The van der Waals surface area contributed by atoms with E-state index in [4.69, 9.17) is 28.2 Å². The van der Waals surface area contributed by atoms with Crippen LogP contribution in [0.25, 0.3) is 11.3 Å². The molecule has 1 unspecified atom stereocenters. The Kier molecular flexibility index (Phi) is 5.61. The molecule has 0 saturated heterocycles. The second kappa shape index (κ2) is 8.47. The summed E-state index contributed by atoms with van der Waals surface area (Å²) in [4.78, 5) is 4.93. The number of nitrogens with zero attached hydrogens (tertiary/aromatic N) is 1. The fourth-order valence-electron chi connectivity index (χ4n) is 3.11. The predicted molar refractivity (Wildman–Crippen MR) is 118 cm³/mol. The molecule has 3 aromatic carbocycles. The monoisotopic (exact) mass is 404 g/mol. The van der Waals surface area contributed by atoms with E-state index in [1.165, 1.54) is 0 Å². The van der Waals surface area contributed by atoms with Crippen molar-refractivity contribution in [2.24, 2.45) is 0 Å². The first-order valence-electron chi connectivity index (χ1n) is 8.99. The average molecular weight is 405 g/mol. The minimum absolute atomic E-state index is 0.123. The third-order valence-electron chi connectivity index (χ3n) is 4.50. The molecule has 0 aliphatic heterocycles. The van der Waals surface area contributed by atoms with Gasteiger partial charge in [-0.3, -0.25) is 4.98 Å². The highest BCUT2D eigenvalue weighted by atomic mass is 35.5. The summed E-state index contributed by atoms with van der Waals surface area (Å²) in [5, 5.41) is 4.61. The van der Waals surface area contributed by atoms with Crippen molar-refractivity contribution in [3.63, 3.8) is 0 Å². The molecule has 1 atom stereocenters.